The number of amides is 1. The summed E-state index contributed by atoms with van der Waals surface area (Å²) in [6, 6.07) is 18.5. The lowest BCUT2D eigenvalue weighted by Gasteiger charge is -2.24. The Balaban J connectivity index is 1.87. The van der Waals surface area contributed by atoms with Crippen molar-refractivity contribution < 1.29 is 19.4 Å². The van der Waals surface area contributed by atoms with Gasteiger partial charge in [0.1, 0.15) is 17.6 Å². The summed E-state index contributed by atoms with van der Waals surface area (Å²) in [6.45, 7) is 4.34. The molecule has 1 aliphatic heterocycles. The number of anilines is 1. The van der Waals surface area contributed by atoms with E-state index in [0.717, 1.165) is 5.56 Å². The smallest absolute Gasteiger partial charge is 0.300 e. The standard InChI is InChI=1S/C25H22N2O4/c1-3-31-19-13-11-18(12-14-19)27-22(20-6-4-5-15-26-20)21(24(29)25(27)30)23(28)17-9-7-16(2)8-10-17/h4-15,22,28H,3H2,1-2H3/b23-21-. The van der Waals surface area contributed by atoms with Gasteiger partial charge < -0.3 is 9.84 Å². The lowest BCUT2D eigenvalue weighted by atomic mass is 9.97. The molecule has 0 bridgehead atoms. The van der Waals surface area contributed by atoms with E-state index in [2.05, 4.69) is 4.98 Å². The third kappa shape index (κ3) is 3.80. The first-order valence-corrected chi connectivity index (χ1v) is 10.0. The molecule has 1 aliphatic rings. The molecule has 1 atom stereocenters. The molecule has 0 radical (unpaired) electrons. The molecule has 1 fully saturated rings. The van der Waals surface area contributed by atoms with E-state index in [4.69, 9.17) is 4.74 Å². The van der Waals surface area contributed by atoms with E-state index >= 15 is 0 Å². The van der Waals surface area contributed by atoms with Crippen LogP contribution in [0.2, 0.25) is 0 Å². The minimum atomic E-state index is -0.847. The summed E-state index contributed by atoms with van der Waals surface area (Å²) >= 11 is 0. The largest absolute Gasteiger partial charge is 0.507 e. The van der Waals surface area contributed by atoms with Gasteiger partial charge in [-0.1, -0.05) is 35.9 Å². The Morgan fingerprint density at radius 2 is 1.74 bits per heavy atom. The number of carbonyl (C=O) groups excluding carboxylic acids is 2. The first-order chi connectivity index (χ1) is 15.0. The monoisotopic (exact) mass is 414 g/mol. The zero-order valence-corrected chi connectivity index (χ0v) is 17.3. The van der Waals surface area contributed by atoms with Crippen LogP contribution in [-0.2, 0) is 9.59 Å². The van der Waals surface area contributed by atoms with Crippen LogP contribution in [-0.4, -0.2) is 28.4 Å². The summed E-state index contributed by atoms with van der Waals surface area (Å²) in [5, 5.41) is 11.0. The minimum absolute atomic E-state index is 0.0152. The maximum atomic E-state index is 13.1. The summed E-state index contributed by atoms with van der Waals surface area (Å²) in [7, 11) is 0. The summed E-state index contributed by atoms with van der Waals surface area (Å²) in [6.07, 6.45) is 1.60. The van der Waals surface area contributed by atoms with Gasteiger partial charge in [-0.15, -0.1) is 0 Å². The molecule has 1 unspecified atom stereocenters. The predicted molar refractivity (Wildman–Crippen MR) is 118 cm³/mol. The Morgan fingerprint density at radius 3 is 2.35 bits per heavy atom. The Kier molecular flexibility index (Phi) is 5.54. The van der Waals surface area contributed by atoms with Gasteiger partial charge >= 0.3 is 0 Å². The number of aliphatic hydroxyl groups excluding tert-OH is 1. The summed E-state index contributed by atoms with van der Waals surface area (Å²) in [4.78, 5) is 31.9. The van der Waals surface area contributed by atoms with Gasteiger partial charge in [0.2, 0.25) is 0 Å². The van der Waals surface area contributed by atoms with Gasteiger partial charge in [-0.3, -0.25) is 19.5 Å². The maximum Gasteiger partial charge on any atom is 0.300 e. The van der Waals surface area contributed by atoms with Crippen LogP contribution in [0.5, 0.6) is 5.75 Å². The summed E-state index contributed by atoms with van der Waals surface area (Å²) in [5.74, 6) is -1.02. The molecule has 156 valence electrons. The van der Waals surface area contributed by atoms with Crippen molar-refractivity contribution in [2.45, 2.75) is 19.9 Å². The highest BCUT2D eigenvalue weighted by Gasteiger charge is 2.47. The van der Waals surface area contributed by atoms with Gasteiger partial charge in [-0.05, 0) is 50.2 Å². The molecule has 3 aromatic rings. The molecule has 1 N–H and O–H groups in total. The number of rotatable bonds is 5. The second-order valence-corrected chi connectivity index (χ2v) is 7.22. The highest BCUT2D eigenvalue weighted by Crippen LogP contribution is 2.41. The van der Waals surface area contributed by atoms with Crippen molar-refractivity contribution >= 4 is 23.1 Å². The van der Waals surface area contributed by atoms with E-state index in [1.807, 2.05) is 26.0 Å². The first-order valence-electron chi connectivity index (χ1n) is 10.0. The molecule has 6 nitrogen and oxygen atoms in total. The Hall–Kier alpha value is -3.93. The number of nitrogens with zero attached hydrogens (tertiary/aromatic N) is 2. The second-order valence-electron chi connectivity index (χ2n) is 7.22. The number of aliphatic hydroxyl groups is 1. The average Bonchev–Trinajstić information content (AvgIpc) is 3.06. The molecule has 31 heavy (non-hydrogen) atoms. The molecule has 1 saturated heterocycles. The number of hydrogen-bond acceptors (Lipinski definition) is 5. The molecule has 1 amide bonds. The van der Waals surface area contributed by atoms with Crippen LogP contribution >= 0.6 is 0 Å². The fourth-order valence-corrected chi connectivity index (χ4v) is 3.65. The Bertz CT molecular complexity index is 1140. The molecule has 0 spiro atoms. The van der Waals surface area contributed by atoms with E-state index in [-0.39, 0.29) is 11.3 Å². The molecule has 6 heteroatoms. The fraction of sp³-hybridized carbons (Fsp3) is 0.160. The number of ether oxygens (including phenoxy) is 1. The lowest BCUT2D eigenvalue weighted by molar-refractivity contribution is -0.132. The van der Waals surface area contributed by atoms with Crippen LogP contribution in [0.4, 0.5) is 5.69 Å². The summed E-state index contributed by atoms with van der Waals surface area (Å²) < 4.78 is 5.48. The molecule has 2 aromatic carbocycles. The van der Waals surface area contributed by atoms with Crippen molar-refractivity contribution in [2.24, 2.45) is 0 Å². The van der Waals surface area contributed by atoms with Crippen LogP contribution in [0.15, 0.2) is 78.5 Å². The normalized spacial score (nSPS) is 17.7. The molecular weight excluding hydrogens is 392 g/mol. The van der Waals surface area contributed by atoms with Crippen LogP contribution in [0, 0.1) is 6.92 Å². The van der Waals surface area contributed by atoms with Gasteiger partial charge in [-0.25, -0.2) is 0 Å². The first kappa shape index (κ1) is 20.3. The number of carbonyl (C=O) groups is 2. The van der Waals surface area contributed by atoms with Gasteiger partial charge in [0.15, 0.2) is 0 Å². The van der Waals surface area contributed by atoms with Crippen LogP contribution < -0.4 is 9.64 Å². The van der Waals surface area contributed by atoms with Crippen molar-refractivity contribution in [1.82, 2.24) is 4.98 Å². The van der Waals surface area contributed by atoms with Crippen LogP contribution in [0.1, 0.15) is 29.8 Å². The van der Waals surface area contributed by atoms with Gasteiger partial charge in [0.05, 0.1) is 17.9 Å². The third-order valence-electron chi connectivity index (χ3n) is 5.16. The number of ketones is 1. The van der Waals surface area contributed by atoms with Crippen molar-refractivity contribution in [1.29, 1.82) is 0 Å². The van der Waals surface area contributed by atoms with Crippen LogP contribution in [0.25, 0.3) is 5.76 Å². The quantitative estimate of drug-likeness (QED) is 0.380. The average molecular weight is 414 g/mol. The van der Waals surface area contributed by atoms with E-state index in [1.165, 1.54) is 4.90 Å². The van der Waals surface area contributed by atoms with E-state index in [0.29, 0.717) is 29.3 Å². The molecule has 4 rings (SSSR count). The third-order valence-corrected chi connectivity index (χ3v) is 5.16. The number of aryl methyl sites for hydroxylation is 1. The molecule has 1 aromatic heterocycles. The van der Waals surface area contributed by atoms with Gasteiger partial charge in [0.25, 0.3) is 11.7 Å². The predicted octanol–water partition coefficient (Wildman–Crippen LogP) is 4.42. The van der Waals surface area contributed by atoms with Crippen molar-refractivity contribution in [2.75, 3.05) is 11.5 Å². The molecule has 0 aliphatic carbocycles. The molecular formula is C25H22N2O4. The molecule has 0 saturated carbocycles. The number of benzene rings is 2. The van der Waals surface area contributed by atoms with Crippen LogP contribution in [0.3, 0.4) is 0 Å². The number of Topliss-reactive ketones (excluding diaryl/α,β-unsaturated/α-hetero) is 1. The maximum absolute atomic E-state index is 13.1. The number of aromatic nitrogens is 1. The fourth-order valence-electron chi connectivity index (χ4n) is 3.65. The van der Waals surface area contributed by atoms with E-state index in [1.54, 1.807) is 60.8 Å². The second kappa shape index (κ2) is 8.44. The zero-order chi connectivity index (χ0) is 22.0. The zero-order valence-electron chi connectivity index (χ0n) is 17.3. The van der Waals surface area contributed by atoms with Crippen molar-refractivity contribution in [3.63, 3.8) is 0 Å². The van der Waals surface area contributed by atoms with Crippen molar-refractivity contribution in [3.8, 4) is 5.75 Å². The Labute approximate surface area is 180 Å². The highest BCUT2D eigenvalue weighted by atomic mass is 16.5. The van der Waals surface area contributed by atoms with E-state index in [9.17, 15) is 14.7 Å². The topological polar surface area (TPSA) is 79.7 Å². The Morgan fingerprint density at radius 1 is 1.03 bits per heavy atom. The number of pyridine rings is 1. The van der Waals surface area contributed by atoms with Gasteiger partial charge in [-0.2, -0.15) is 0 Å². The summed E-state index contributed by atoms with van der Waals surface area (Å²) in [5.41, 5.74) is 2.51. The van der Waals surface area contributed by atoms with Gasteiger partial charge in [0, 0.05) is 17.4 Å². The van der Waals surface area contributed by atoms with Crippen molar-refractivity contribution in [3.05, 3.63) is 95.3 Å². The molecule has 2 heterocycles. The number of hydrogen-bond donors (Lipinski definition) is 1. The SMILES string of the molecule is CCOc1ccc(N2C(=O)C(=O)/C(=C(\O)c3ccc(C)cc3)C2c2ccccn2)cc1. The highest BCUT2D eigenvalue weighted by molar-refractivity contribution is 6.51. The minimum Gasteiger partial charge on any atom is -0.507 e. The van der Waals surface area contributed by atoms with E-state index < -0.39 is 17.7 Å². The lowest BCUT2D eigenvalue weighted by Crippen LogP contribution is -2.29.